The summed E-state index contributed by atoms with van der Waals surface area (Å²) in [6.45, 7) is 1.90. The Labute approximate surface area is 201 Å². The van der Waals surface area contributed by atoms with Crippen LogP contribution in [-0.2, 0) is 11.2 Å². The molecule has 35 heavy (non-hydrogen) atoms. The third-order valence-corrected chi connectivity index (χ3v) is 6.42. The summed E-state index contributed by atoms with van der Waals surface area (Å²) in [5, 5.41) is 12.1. The molecule has 0 aliphatic heterocycles. The molecule has 1 unspecified atom stereocenters. The van der Waals surface area contributed by atoms with Crippen molar-refractivity contribution in [3.8, 4) is 11.3 Å². The first-order valence-electron chi connectivity index (χ1n) is 11.6. The zero-order chi connectivity index (χ0) is 24.9. The Morgan fingerprint density at radius 2 is 1.83 bits per heavy atom. The van der Waals surface area contributed by atoms with Gasteiger partial charge in [0.05, 0.1) is 11.6 Å². The smallest absolute Gasteiger partial charge is 0.306 e. The lowest BCUT2D eigenvalue weighted by atomic mass is 9.79. The minimum absolute atomic E-state index is 0.128. The van der Waals surface area contributed by atoms with Gasteiger partial charge >= 0.3 is 5.97 Å². The van der Waals surface area contributed by atoms with Gasteiger partial charge in [-0.25, -0.2) is 23.1 Å². The third-order valence-electron chi connectivity index (χ3n) is 6.42. The molecule has 2 N–H and O–H groups in total. The molecule has 4 rings (SSSR count). The Morgan fingerprint density at radius 3 is 2.49 bits per heavy atom. The van der Waals surface area contributed by atoms with Crippen LogP contribution < -0.4 is 5.32 Å². The fourth-order valence-corrected chi connectivity index (χ4v) is 4.45. The highest BCUT2D eigenvalue weighted by molar-refractivity contribution is 5.70. The first-order chi connectivity index (χ1) is 16.8. The monoisotopic (exact) mass is 484 g/mol. The van der Waals surface area contributed by atoms with Gasteiger partial charge in [-0.15, -0.1) is 0 Å². The van der Waals surface area contributed by atoms with E-state index in [0.29, 0.717) is 42.9 Å². The summed E-state index contributed by atoms with van der Waals surface area (Å²) in [6, 6.07) is 9.82. The van der Waals surface area contributed by atoms with Crippen LogP contribution in [0.15, 0.2) is 48.8 Å². The number of carbonyl (C=O) groups is 1. The maximum absolute atomic E-state index is 14.9. The Hall–Kier alpha value is -3.49. The highest BCUT2D eigenvalue weighted by Crippen LogP contribution is 2.33. The number of carboxylic acids is 1. The van der Waals surface area contributed by atoms with E-state index in [1.54, 1.807) is 18.3 Å². The lowest BCUT2D eigenvalue weighted by Crippen LogP contribution is -2.27. The molecule has 3 heterocycles. The number of nitrogens with zero attached hydrogens (tertiary/aromatic N) is 3. The summed E-state index contributed by atoms with van der Waals surface area (Å²) in [5.41, 5.74) is 2.79. The number of rotatable bonds is 8. The Balaban J connectivity index is 1.42. The van der Waals surface area contributed by atoms with E-state index in [1.165, 1.54) is 18.3 Å². The molecular formula is C26H27F3N4O2. The average Bonchev–Trinajstić information content (AvgIpc) is 2.84. The van der Waals surface area contributed by atoms with Crippen molar-refractivity contribution in [3.05, 3.63) is 65.6 Å². The molecule has 6 nitrogen and oxygen atoms in total. The van der Waals surface area contributed by atoms with Crippen molar-refractivity contribution < 1.29 is 23.1 Å². The van der Waals surface area contributed by atoms with E-state index >= 15 is 0 Å². The molecule has 0 spiro atoms. The van der Waals surface area contributed by atoms with Crippen molar-refractivity contribution in [1.29, 1.82) is 0 Å². The van der Waals surface area contributed by atoms with Gasteiger partial charge in [-0.2, -0.15) is 0 Å². The van der Waals surface area contributed by atoms with Gasteiger partial charge in [0.2, 0.25) is 0 Å². The maximum atomic E-state index is 14.9. The second kappa shape index (κ2) is 10.8. The second-order valence-electron chi connectivity index (χ2n) is 9.02. The van der Waals surface area contributed by atoms with Crippen LogP contribution in [0.2, 0.25) is 0 Å². The highest BCUT2D eigenvalue weighted by atomic mass is 19.3. The van der Waals surface area contributed by atoms with Gasteiger partial charge in [0, 0.05) is 35.6 Å². The SMILES string of the molecule is Cc1cc(Nc2cc(C(F)F)ccn2)nc(-c2ccc(CC(F)[C@H]3CC[C@H](C(=O)O)CC3)nc2)c1. The fourth-order valence-electron chi connectivity index (χ4n) is 4.45. The average molecular weight is 485 g/mol. The fraction of sp³-hybridized carbons (Fsp3) is 0.385. The Bertz CT molecular complexity index is 1170. The highest BCUT2D eigenvalue weighted by Gasteiger charge is 2.30. The minimum atomic E-state index is -2.59. The molecule has 0 saturated heterocycles. The molecule has 3 aromatic heterocycles. The molecule has 1 aliphatic rings. The summed E-state index contributed by atoms with van der Waals surface area (Å²) < 4.78 is 40.8. The normalized spacial score (nSPS) is 18.9. The van der Waals surface area contributed by atoms with Crippen LogP contribution in [-0.4, -0.2) is 32.2 Å². The van der Waals surface area contributed by atoms with Gasteiger partial charge in [0.1, 0.15) is 17.8 Å². The zero-order valence-electron chi connectivity index (χ0n) is 19.3. The van der Waals surface area contributed by atoms with E-state index in [2.05, 4.69) is 20.3 Å². The van der Waals surface area contributed by atoms with Crippen molar-refractivity contribution in [3.63, 3.8) is 0 Å². The largest absolute Gasteiger partial charge is 0.481 e. The number of nitrogens with one attached hydrogen (secondary N) is 1. The predicted molar refractivity (Wildman–Crippen MR) is 126 cm³/mol. The number of aromatic nitrogens is 3. The van der Waals surface area contributed by atoms with Gasteiger partial charge in [0.25, 0.3) is 6.43 Å². The molecule has 184 valence electrons. The second-order valence-corrected chi connectivity index (χ2v) is 9.02. The van der Waals surface area contributed by atoms with Gasteiger partial charge in [-0.3, -0.25) is 9.78 Å². The number of aryl methyl sites for hydroxylation is 1. The quantitative estimate of drug-likeness (QED) is 0.390. The molecular weight excluding hydrogens is 457 g/mol. The van der Waals surface area contributed by atoms with Crippen molar-refractivity contribution in [2.24, 2.45) is 11.8 Å². The number of aliphatic carboxylic acids is 1. The first kappa shape index (κ1) is 24.6. The molecule has 0 amide bonds. The molecule has 0 aromatic carbocycles. The number of hydrogen-bond donors (Lipinski definition) is 2. The number of alkyl halides is 3. The molecule has 0 bridgehead atoms. The van der Waals surface area contributed by atoms with Crippen LogP contribution in [0.4, 0.5) is 24.8 Å². The number of halogens is 3. The predicted octanol–water partition coefficient (Wildman–Crippen LogP) is 6.30. The summed E-state index contributed by atoms with van der Waals surface area (Å²) in [6.07, 6.45) is 1.68. The first-order valence-corrected chi connectivity index (χ1v) is 11.6. The number of carboxylic acid groups (broad SMARTS) is 1. The van der Waals surface area contributed by atoms with Crippen molar-refractivity contribution in [2.75, 3.05) is 5.32 Å². The maximum Gasteiger partial charge on any atom is 0.306 e. The number of pyridine rings is 3. The summed E-state index contributed by atoms with van der Waals surface area (Å²) in [5.74, 6) is -0.565. The molecule has 9 heteroatoms. The van der Waals surface area contributed by atoms with Crippen LogP contribution in [0.3, 0.4) is 0 Å². The van der Waals surface area contributed by atoms with Crippen LogP contribution >= 0.6 is 0 Å². The Morgan fingerprint density at radius 1 is 1.06 bits per heavy atom. The standard InChI is InChI=1S/C26H27F3N4O2/c1-15-10-22(32-24(11-15)33-23-12-18(25(28)29)8-9-30-23)19-6-7-20(31-14-19)13-21(27)16-2-4-17(5-3-16)26(34)35/h6-12,14,16-17,21,25H,2-5,13H2,1H3,(H,34,35)(H,30,32,33)/t16-,17-,21?. The summed E-state index contributed by atoms with van der Waals surface area (Å²) in [4.78, 5) is 24.2. The zero-order valence-corrected chi connectivity index (χ0v) is 19.3. The van der Waals surface area contributed by atoms with Crippen LogP contribution in [0.25, 0.3) is 11.3 Å². The van der Waals surface area contributed by atoms with Crippen molar-refractivity contribution in [1.82, 2.24) is 15.0 Å². The van der Waals surface area contributed by atoms with Gasteiger partial charge in [-0.1, -0.05) is 0 Å². The molecule has 0 radical (unpaired) electrons. The van der Waals surface area contributed by atoms with Crippen molar-refractivity contribution >= 4 is 17.6 Å². The number of hydrogen-bond acceptors (Lipinski definition) is 5. The molecule has 1 atom stereocenters. The summed E-state index contributed by atoms with van der Waals surface area (Å²) >= 11 is 0. The van der Waals surface area contributed by atoms with E-state index < -0.39 is 18.6 Å². The van der Waals surface area contributed by atoms with E-state index in [-0.39, 0.29) is 29.6 Å². The van der Waals surface area contributed by atoms with Gasteiger partial charge in [-0.05, 0) is 80.5 Å². The lowest BCUT2D eigenvalue weighted by molar-refractivity contribution is -0.143. The minimum Gasteiger partial charge on any atom is -0.481 e. The third kappa shape index (κ3) is 6.35. The van der Waals surface area contributed by atoms with Crippen LogP contribution in [0, 0.1) is 18.8 Å². The van der Waals surface area contributed by atoms with E-state index in [9.17, 15) is 18.0 Å². The van der Waals surface area contributed by atoms with Crippen molar-refractivity contribution in [2.45, 2.75) is 51.6 Å². The Kier molecular flexibility index (Phi) is 7.63. The van der Waals surface area contributed by atoms with Crippen LogP contribution in [0.1, 0.15) is 48.9 Å². The summed E-state index contributed by atoms with van der Waals surface area (Å²) in [7, 11) is 0. The van der Waals surface area contributed by atoms with Gasteiger partial charge < -0.3 is 10.4 Å². The molecule has 1 aliphatic carbocycles. The molecule has 1 fully saturated rings. The lowest BCUT2D eigenvalue weighted by Gasteiger charge is -2.28. The molecule has 1 saturated carbocycles. The van der Waals surface area contributed by atoms with E-state index in [1.807, 2.05) is 19.1 Å². The number of anilines is 2. The molecule has 3 aromatic rings. The van der Waals surface area contributed by atoms with Crippen LogP contribution in [0.5, 0.6) is 0 Å². The topological polar surface area (TPSA) is 88.0 Å². The van der Waals surface area contributed by atoms with E-state index in [4.69, 9.17) is 5.11 Å². The van der Waals surface area contributed by atoms with Gasteiger partial charge in [0.15, 0.2) is 0 Å². The van der Waals surface area contributed by atoms with E-state index in [0.717, 1.165) is 11.1 Å².